The first-order chi connectivity index (χ1) is 10.6. The van der Waals surface area contributed by atoms with Crippen LogP contribution in [0.25, 0.3) is 12.2 Å². The van der Waals surface area contributed by atoms with Crippen molar-refractivity contribution in [1.29, 1.82) is 0 Å². The highest BCUT2D eigenvalue weighted by Gasteiger charge is 2.15. The number of hydrogen-bond donors (Lipinski definition) is 3. The van der Waals surface area contributed by atoms with Crippen LogP contribution in [-0.4, -0.2) is 25.9 Å². The second-order valence-electron chi connectivity index (χ2n) is 4.62. The molecule has 122 valence electrons. The molecule has 23 heavy (non-hydrogen) atoms. The Labute approximate surface area is 133 Å². The second-order valence-corrected chi connectivity index (χ2v) is 7.40. The predicted molar refractivity (Wildman–Crippen MR) is 85.9 cm³/mol. The van der Waals surface area contributed by atoms with Crippen LogP contribution in [0.3, 0.4) is 0 Å². The summed E-state index contributed by atoms with van der Waals surface area (Å²) in [7, 11) is -8.92. The van der Waals surface area contributed by atoms with Gasteiger partial charge in [-0.05, 0) is 29.3 Å². The highest BCUT2D eigenvalue weighted by molar-refractivity contribution is 7.86. The largest absolute Gasteiger partial charge is 0.399 e. The van der Waals surface area contributed by atoms with Gasteiger partial charge < -0.3 is 5.73 Å². The smallest absolute Gasteiger partial charge is 0.295 e. The minimum absolute atomic E-state index is 0.117. The van der Waals surface area contributed by atoms with E-state index in [9.17, 15) is 25.9 Å². The van der Waals surface area contributed by atoms with Crippen LogP contribution in [0, 0.1) is 0 Å². The average Bonchev–Trinajstić information content (AvgIpc) is 2.44. The molecule has 2 aromatic carbocycles. The Morgan fingerprint density at radius 1 is 0.783 bits per heavy atom. The summed E-state index contributed by atoms with van der Waals surface area (Å²) >= 11 is 0. The van der Waals surface area contributed by atoms with Crippen LogP contribution in [-0.2, 0) is 20.2 Å². The normalized spacial score (nSPS) is 12.6. The highest BCUT2D eigenvalue weighted by atomic mass is 32.2. The van der Waals surface area contributed by atoms with Crippen molar-refractivity contribution in [1.82, 2.24) is 0 Å². The van der Waals surface area contributed by atoms with E-state index in [1.807, 2.05) is 0 Å². The van der Waals surface area contributed by atoms with Gasteiger partial charge in [-0.15, -0.1) is 0 Å². The van der Waals surface area contributed by atoms with Crippen molar-refractivity contribution in [3.05, 3.63) is 53.6 Å². The number of anilines is 1. The Bertz CT molecular complexity index is 978. The van der Waals surface area contributed by atoms with Gasteiger partial charge in [-0.2, -0.15) is 16.8 Å². The van der Waals surface area contributed by atoms with E-state index >= 15 is 0 Å². The Hall–Kier alpha value is -2.20. The molecule has 2 rings (SSSR count). The van der Waals surface area contributed by atoms with Crippen molar-refractivity contribution in [3.63, 3.8) is 0 Å². The molecule has 7 nitrogen and oxygen atoms in total. The Kier molecular flexibility index (Phi) is 4.57. The van der Waals surface area contributed by atoms with E-state index in [1.54, 1.807) is 6.07 Å². The van der Waals surface area contributed by atoms with Crippen LogP contribution in [0.4, 0.5) is 5.69 Å². The van der Waals surface area contributed by atoms with Crippen molar-refractivity contribution in [3.8, 4) is 0 Å². The highest BCUT2D eigenvalue weighted by Crippen LogP contribution is 2.23. The fraction of sp³-hybridized carbons (Fsp3) is 0. The van der Waals surface area contributed by atoms with Gasteiger partial charge >= 0.3 is 0 Å². The molecule has 0 unspecified atom stereocenters. The molecule has 0 aliphatic heterocycles. The minimum atomic E-state index is -4.50. The van der Waals surface area contributed by atoms with Crippen molar-refractivity contribution < 1.29 is 25.9 Å². The van der Waals surface area contributed by atoms with Gasteiger partial charge in [0.2, 0.25) is 0 Å². The quantitative estimate of drug-likeness (QED) is 0.433. The van der Waals surface area contributed by atoms with Gasteiger partial charge in [0.05, 0.1) is 0 Å². The zero-order chi connectivity index (χ0) is 17.3. The molecule has 0 radical (unpaired) electrons. The Morgan fingerprint density at radius 3 is 1.87 bits per heavy atom. The molecule has 0 fully saturated rings. The molecule has 0 aliphatic carbocycles. The second kappa shape index (κ2) is 6.13. The molecule has 2 aromatic rings. The lowest BCUT2D eigenvalue weighted by molar-refractivity contribution is 0.480. The van der Waals surface area contributed by atoms with Gasteiger partial charge in [0.1, 0.15) is 9.79 Å². The Balaban J connectivity index is 2.56. The van der Waals surface area contributed by atoms with Gasteiger partial charge in [-0.25, -0.2) is 0 Å². The first-order valence-electron chi connectivity index (χ1n) is 6.20. The van der Waals surface area contributed by atoms with E-state index < -0.39 is 25.1 Å². The van der Waals surface area contributed by atoms with Crippen LogP contribution in [0.5, 0.6) is 0 Å². The van der Waals surface area contributed by atoms with Crippen LogP contribution in [0.15, 0.2) is 52.3 Å². The maximum atomic E-state index is 11.4. The molecule has 0 atom stereocenters. The summed E-state index contributed by atoms with van der Waals surface area (Å²) in [5, 5.41) is 0. The van der Waals surface area contributed by atoms with Crippen LogP contribution in [0.2, 0.25) is 0 Å². The van der Waals surface area contributed by atoms with E-state index in [-0.39, 0.29) is 21.7 Å². The fourth-order valence-electron chi connectivity index (χ4n) is 1.94. The number of hydrogen-bond acceptors (Lipinski definition) is 5. The van der Waals surface area contributed by atoms with Crippen LogP contribution < -0.4 is 5.73 Å². The van der Waals surface area contributed by atoms with Gasteiger partial charge in [0.15, 0.2) is 0 Å². The zero-order valence-electron chi connectivity index (χ0n) is 11.6. The summed E-state index contributed by atoms with van der Waals surface area (Å²) in [5.41, 5.74) is 5.92. The summed E-state index contributed by atoms with van der Waals surface area (Å²) < 4.78 is 63.8. The SMILES string of the molecule is Nc1ccc(/C=C/c2ccccc2S(=O)(=O)O)c(S(=O)(=O)O)c1. The van der Waals surface area contributed by atoms with E-state index in [0.29, 0.717) is 0 Å². The summed E-state index contributed by atoms with van der Waals surface area (Å²) in [6.45, 7) is 0. The first kappa shape index (κ1) is 17.2. The summed E-state index contributed by atoms with van der Waals surface area (Å²) in [6.07, 6.45) is 2.61. The summed E-state index contributed by atoms with van der Waals surface area (Å²) in [5.74, 6) is 0. The average molecular weight is 355 g/mol. The van der Waals surface area contributed by atoms with E-state index in [0.717, 1.165) is 6.07 Å². The van der Waals surface area contributed by atoms with E-state index in [1.165, 1.54) is 42.5 Å². The molecule has 0 saturated carbocycles. The van der Waals surface area contributed by atoms with Crippen LogP contribution >= 0.6 is 0 Å². The molecule has 0 spiro atoms. The number of nitrogen functional groups attached to an aromatic ring is 1. The summed E-state index contributed by atoms with van der Waals surface area (Å²) in [4.78, 5) is -0.724. The number of nitrogens with two attached hydrogens (primary N) is 1. The van der Waals surface area contributed by atoms with E-state index in [2.05, 4.69) is 0 Å². The van der Waals surface area contributed by atoms with Crippen molar-refractivity contribution in [2.24, 2.45) is 0 Å². The molecule has 0 aromatic heterocycles. The molecule has 0 amide bonds. The molecule has 0 aliphatic rings. The molecular weight excluding hydrogens is 342 g/mol. The number of rotatable bonds is 4. The lowest BCUT2D eigenvalue weighted by atomic mass is 10.1. The standard InChI is InChI=1S/C14H13NO6S2/c15-12-8-7-11(14(9-12)23(19,20)21)6-5-10-3-1-2-4-13(10)22(16,17)18/h1-9H,15H2,(H,16,17,18)(H,19,20,21)/b6-5+. The van der Waals surface area contributed by atoms with Gasteiger partial charge in [-0.1, -0.05) is 36.4 Å². The lowest BCUT2D eigenvalue weighted by Gasteiger charge is -2.05. The minimum Gasteiger partial charge on any atom is -0.399 e. The lowest BCUT2D eigenvalue weighted by Crippen LogP contribution is -2.02. The van der Waals surface area contributed by atoms with E-state index in [4.69, 9.17) is 5.73 Å². The zero-order valence-corrected chi connectivity index (χ0v) is 13.3. The predicted octanol–water partition coefficient (Wildman–Crippen LogP) is 1.93. The monoisotopic (exact) mass is 355 g/mol. The van der Waals surface area contributed by atoms with Gasteiger partial charge in [-0.3, -0.25) is 9.11 Å². The van der Waals surface area contributed by atoms with Crippen molar-refractivity contribution in [2.45, 2.75) is 9.79 Å². The maximum Gasteiger partial charge on any atom is 0.295 e. The van der Waals surface area contributed by atoms with Gasteiger partial charge in [0.25, 0.3) is 20.2 Å². The molecule has 0 heterocycles. The fourth-order valence-corrected chi connectivity index (χ4v) is 3.35. The molecule has 0 bridgehead atoms. The van der Waals surface area contributed by atoms with Gasteiger partial charge in [0, 0.05) is 5.69 Å². The third kappa shape index (κ3) is 4.17. The molecular formula is C14H13NO6S2. The number of benzene rings is 2. The topological polar surface area (TPSA) is 135 Å². The van der Waals surface area contributed by atoms with Crippen LogP contribution in [0.1, 0.15) is 11.1 Å². The van der Waals surface area contributed by atoms with Crippen molar-refractivity contribution in [2.75, 3.05) is 5.73 Å². The first-order valence-corrected chi connectivity index (χ1v) is 9.08. The Morgan fingerprint density at radius 2 is 1.30 bits per heavy atom. The third-order valence-corrected chi connectivity index (χ3v) is 4.79. The molecule has 4 N–H and O–H groups in total. The molecule has 9 heteroatoms. The molecule has 0 saturated heterocycles. The van der Waals surface area contributed by atoms with Crippen molar-refractivity contribution >= 4 is 38.1 Å². The maximum absolute atomic E-state index is 11.4. The third-order valence-electron chi connectivity index (χ3n) is 2.95. The summed E-state index contributed by atoms with van der Waals surface area (Å²) in [6, 6.07) is 9.53.